The topological polar surface area (TPSA) is 119 Å². The van der Waals surface area contributed by atoms with Crippen LogP contribution >= 0.6 is 24.4 Å². The zero-order chi connectivity index (χ0) is 33.9. The smallest absolute Gasteiger partial charge is 0.337 e. The van der Waals surface area contributed by atoms with E-state index in [0.29, 0.717) is 44.3 Å². The van der Waals surface area contributed by atoms with E-state index in [4.69, 9.17) is 43.4 Å². The van der Waals surface area contributed by atoms with Gasteiger partial charge < -0.3 is 40.2 Å². The number of rotatable bonds is 9. The van der Waals surface area contributed by atoms with Crippen molar-refractivity contribution in [3.05, 3.63) is 106 Å². The van der Waals surface area contributed by atoms with E-state index in [9.17, 15) is 9.59 Å². The fourth-order valence-electron chi connectivity index (χ4n) is 6.28. The molecule has 0 aliphatic carbocycles. The normalized spacial score (nSPS) is 17.7. The lowest BCUT2D eigenvalue weighted by Crippen LogP contribution is -2.45. The molecule has 0 amide bonds. The van der Waals surface area contributed by atoms with Crippen LogP contribution in [-0.4, -0.2) is 49.6 Å². The first kappa shape index (κ1) is 32.7. The van der Waals surface area contributed by atoms with Gasteiger partial charge in [-0.3, -0.25) is 0 Å². The molecule has 4 aromatic rings. The van der Waals surface area contributed by atoms with Gasteiger partial charge in [-0.25, -0.2) is 9.59 Å². The molecular formula is C36H34N4O6S2. The van der Waals surface area contributed by atoms with Crippen molar-refractivity contribution in [3.8, 4) is 11.5 Å². The molecule has 0 aromatic heterocycles. The molecule has 2 atom stereocenters. The average Bonchev–Trinajstić information content (AvgIpc) is 3.08. The minimum absolute atomic E-state index is 0.167. The third-order valence-electron chi connectivity index (χ3n) is 8.39. The van der Waals surface area contributed by atoms with E-state index in [0.717, 1.165) is 32.7 Å². The van der Waals surface area contributed by atoms with Gasteiger partial charge in [0, 0.05) is 22.5 Å². The maximum absolute atomic E-state index is 13.0. The Balaban J connectivity index is 1.33. The predicted molar refractivity (Wildman–Crippen MR) is 192 cm³/mol. The molecule has 0 fully saturated rings. The number of methoxy groups -OCH3 is 2. The first-order valence-electron chi connectivity index (χ1n) is 15.2. The number of allylic oxidation sites excluding steroid dienone is 2. The highest BCUT2D eigenvalue weighted by Gasteiger charge is 2.35. The molecule has 4 N–H and O–H groups in total. The van der Waals surface area contributed by atoms with E-state index >= 15 is 0 Å². The number of carbonyl (C=O) groups is 2. The molecule has 10 nitrogen and oxygen atoms in total. The Morgan fingerprint density at radius 3 is 1.42 bits per heavy atom. The molecule has 2 unspecified atom stereocenters. The Labute approximate surface area is 288 Å². The summed E-state index contributed by atoms with van der Waals surface area (Å²) in [6.07, 6.45) is 0. The maximum Gasteiger partial charge on any atom is 0.337 e. The largest absolute Gasteiger partial charge is 0.490 e. The SMILES string of the molecule is COC(=O)C1=C(C)NC(=S)NC1c1c(OCCOc2ccc3ccccc3c2C2NC(=S)NC(C)=C2C(=O)OC)ccc2ccccc12. The average molecular weight is 683 g/mol. The number of ether oxygens (including phenoxy) is 4. The zero-order valence-corrected chi connectivity index (χ0v) is 28.4. The molecule has 246 valence electrons. The minimum Gasteiger partial charge on any atom is -0.490 e. The number of nitrogens with one attached hydrogen (secondary N) is 4. The molecule has 0 spiro atoms. The Kier molecular flexibility index (Phi) is 9.47. The second kappa shape index (κ2) is 13.9. The van der Waals surface area contributed by atoms with Gasteiger partial charge in [0.25, 0.3) is 0 Å². The van der Waals surface area contributed by atoms with Gasteiger partial charge >= 0.3 is 11.9 Å². The highest BCUT2D eigenvalue weighted by atomic mass is 32.1. The Morgan fingerprint density at radius 1 is 0.625 bits per heavy atom. The van der Waals surface area contributed by atoms with Gasteiger partial charge in [0.15, 0.2) is 10.2 Å². The number of hydrogen-bond donors (Lipinski definition) is 4. The molecule has 2 aliphatic heterocycles. The van der Waals surface area contributed by atoms with Crippen LogP contribution < -0.4 is 30.7 Å². The van der Waals surface area contributed by atoms with Crippen LogP contribution in [0.15, 0.2) is 95.3 Å². The second-order valence-electron chi connectivity index (χ2n) is 11.2. The first-order chi connectivity index (χ1) is 23.2. The van der Waals surface area contributed by atoms with E-state index in [2.05, 4.69) is 21.3 Å². The summed E-state index contributed by atoms with van der Waals surface area (Å²) >= 11 is 11.0. The molecule has 4 aromatic carbocycles. The summed E-state index contributed by atoms with van der Waals surface area (Å²) < 4.78 is 23.1. The van der Waals surface area contributed by atoms with Crippen LogP contribution in [0.4, 0.5) is 0 Å². The molecule has 48 heavy (non-hydrogen) atoms. The van der Waals surface area contributed by atoms with Gasteiger partial charge in [0.2, 0.25) is 0 Å². The second-order valence-corrected chi connectivity index (χ2v) is 12.0. The summed E-state index contributed by atoms with van der Waals surface area (Å²) in [7, 11) is 2.70. The summed E-state index contributed by atoms with van der Waals surface area (Å²) in [5.74, 6) is 0.161. The number of thiocarbonyl (C=S) groups is 2. The van der Waals surface area contributed by atoms with Gasteiger partial charge in [0.05, 0.1) is 37.4 Å². The van der Waals surface area contributed by atoms with Gasteiger partial charge in [-0.1, -0.05) is 60.7 Å². The van der Waals surface area contributed by atoms with Crippen LogP contribution in [0.25, 0.3) is 21.5 Å². The molecule has 0 saturated carbocycles. The zero-order valence-electron chi connectivity index (χ0n) is 26.8. The number of benzene rings is 4. The van der Waals surface area contributed by atoms with Crippen LogP contribution in [0.5, 0.6) is 11.5 Å². The number of hydrogen-bond acceptors (Lipinski definition) is 8. The molecular weight excluding hydrogens is 649 g/mol. The lowest BCUT2D eigenvalue weighted by Gasteiger charge is -2.32. The van der Waals surface area contributed by atoms with E-state index in [1.54, 1.807) is 13.8 Å². The molecule has 0 bridgehead atoms. The summed E-state index contributed by atoms with van der Waals surface area (Å²) in [5, 5.41) is 17.1. The fraction of sp³-hybridized carbons (Fsp3) is 0.222. The third kappa shape index (κ3) is 6.24. The van der Waals surface area contributed by atoms with Crippen molar-refractivity contribution >= 4 is 68.1 Å². The Bertz CT molecular complexity index is 1900. The summed E-state index contributed by atoms with van der Waals surface area (Å²) in [4.78, 5) is 26.0. The molecule has 6 rings (SSSR count). The summed E-state index contributed by atoms with van der Waals surface area (Å²) in [6, 6.07) is 22.2. The molecule has 0 saturated heterocycles. The van der Waals surface area contributed by atoms with Gasteiger partial charge in [-0.05, 0) is 72.0 Å². The van der Waals surface area contributed by atoms with E-state index < -0.39 is 24.0 Å². The van der Waals surface area contributed by atoms with Crippen molar-refractivity contribution in [2.75, 3.05) is 27.4 Å². The number of carbonyl (C=O) groups excluding carboxylic acids is 2. The van der Waals surface area contributed by atoms with E-state index in [-0.39, 0.29) is 13.2 Å². The lowest BCUT2D eigenvalue weighted by atomic mass is 9.90. The van der Waals surface area contributed by atoms with Crippen LogP contribution in [-0.2, 0) is 19.1 Å². The van der Waals surface area contributed by atoms with E-state index in [1.807, 2.05) is 72.8 Å². The minimum atomic E-state index is -0.623. The highest BCUT2D eigenvalue weighted by Crippen LogP contribution is 2.40. The van der Waals surface area contributed by atoms with Crippen molar-refractivity contribution < 1.29 is 28.5 Å². The van der Waals surface area contributed by atoms with Crippen molar-refractivity contribution in [1.29, 1.82) is 0 Å². The van der Waals surface area contributed by atoms with Crippen LogP contribution in [0.2, 0.25) is 0 Å². The van der Waals surface area contributed by atoms with Crippen molar-refractivity contribution in [2.24, 2.45) is 0 Å². The highest BCUT2D eigenvalue weighted by molar-refractivity contribution is 7.80. The quantitative estimate of drug-likeness (QED) is 0.103. The monoisotopic (exact) mass is 682 g/mol. The van der Waals surface area contributed by atoms with E-state index in [1.165, 1.54) is 14.2 Å². The van der Waals surface area contributed by atoms with Crippen LogP contribution in [0, 0.1) is 0 Å². The third-order valence-corrected chi connectivity index (χ3v) is 8.83. The summed E-state index contributed by atoms with van der Waals surface area (Å²) in [5.41, 5.74) is 3.51. The van der Waals surface area contributed by atoms with Crippen LogP contribution in [0.1, 0.15) is 37.1 Å². The maximum atomic E-state index is 13.0. The Morgan fingerprint density at radius 2 is 1.02 bits per heavy atom. The van der Waals surface area contributed by atoms with Gasteiger partial charge in [0.1, 0.15) is 24.7 Å². The first-order valence-corrected chi connectivity index (χ1v) is 16.1. The van der Waals surface area contributed by atoms with Crippen LogP contribution in [0.3, 0.4) is 0 Å². The summed E-state index contributed by atoms with van der Waals surface area (Å²) in [6.45, 7) is 3.92. The molecule has 2 heterocycles. The van der Waals surface area contributed by atoms with Crippen molar-refractivity contribution in [1.82, 2.24) is 21.3 Å². The number of esters is 2. The standard InChI is InChI=1S/C36H34N4O6S2/c1-19-27(33(41)43-3)31(39-35(47)37-19)29-23-11-7-5-9-21(23)13-15-25(29)45-17-18-46-26-16-14-22-10-6-8-12-24(22)30(26)32-28(34(42)44-4)20(2)38-36(48)40-32/h5-16,31-32H,17-18H2,1-4H3,(H2,37,39,47)(H2,38,40,48). The molecule has 12 heteroatoms. The fourth-order valence-corrected chi connectivity index (χ4v) is 6.83. The predicted octanol–water partition coefficient (Wildman–Crippen LogP) is 5.38. The Hall–Kier alpha value is -5.20. The number of fused-ring (bicyclic) bond motifs is 2. The molecule has 0 radical (unpaired) electrons. The van der Waals surface area contributed by atoms with Crippen molar-refractivity contribution in [3.63, 3.8) is 0 Å². The van der Waals surface area contributed by atoms with Crippen molar-refractivity contribution in [2.45, 2.75) is 25.9 Å². The molecule has 2 aliphatic rings. The lowest BCUT2D eigenvalue weighted by molar-refractivity contribution is -0.137. The van der Waals surface area contributed by atoms with Gasteiger partial charge in [-0.2, -0.15) is 0 Å². The van der Waals surface area contributed by atoms with Gasteiger partial charge in [-0.15, -0.1) is 0 Å².